The fourth-order valence-electron chi connectivity index (χ4n) is 3.78. The number of hydrogen-bond acceptors (Lipinski definition) is 5. The Labute approximate surface area is 180 Å². The number of carbonyl (C=O) groups is 2. The Morgan fingerprint density at radius 1 is 1.17 bits per heavy atom. The molecule has 0 saturated carbocycles. The first kappa shape index (κ1) is 23.9. The summed E-state index contributed by atoms with van der Waals surface area (Å²) in [5, 5.41) is 0. The quantitative estimate of drug-likeness (QED) is 0.436. The first-order valence-electron chi connectivity index (χ1n) is 10.7. The molecule has 2 atom stereocenters. The van der Waals surface area contributed by atoms with Crippen LogP contribution < -0.4 is 0 Å². The monoisotopic (exact) mass is 417 g/mol. The molecule has 0 bridgehead atoms. The maximum absolute atomic E-state index is 13.1. The van der Waals surface area contributed by atoms with Crippen molar-refractivity contribution < 1.29 is 23.8 Å². The minimum absolute atomic E-state index is 0.199. The Kier molecular flexibility index (Phi) is 8.47. The molecular weight excluding hydrogens is 382 g/mol. The van der Waals surface area contributed by atoms with Crippen LogP contribution in [0.1, 0.15) is 59.9 Å². The van der Waals surface area contributed by atoms with Crippen molar-refractivity contribution in [1.29, 1.82) is 0 Å². The molecule has 1 fully saturated rings. The number of esters is 1. The summed E-state index contributed by atoms with van der Waals surface area (Å²) in [6, 6.07) is 9.35. The minimum atomic E-state index is -0.859. The third-order valence-electron chi connectivity index (χ3n) is 5.11. The van der Waals surface area contributed by atoms with Gasteiger partial charge in [-0.05, 0) is 51.2 Å². The van der Waals surface area contributed by atoms with Crippen LogP contribution in [0.3, 0.4) is 0 Å². The van der Waals surface area contributed by atoms with Crippen molar-refractivity contribution in [2.24, 2.45) is 5.92 Å². The molecular formula is C24H35NO5. The van der Waals surface area contributed by atoms with E-state index >= 15 is 0 Å². The molecule has 1 aliphatic heterocycles. The zero-order valence-electron chi connectivity index (χ0n) is 19.0. The summed E-state index contributed by atoms with van der Waals surface area (Å²) in [5.74, 6) is -0.00435. The average Bonchev–Trinajstić information content (AvgIpc) is 2.93. The van der Waals surface area contributed by atoms with Crippen LogP contribution >= 0.6 is 0 Å². The van der Waals surface area contributed by atoms with Crippen LogP contribution in [0.15, 0.2) is 42.0 Å². The predicted molar refractivity (Wildman–Crippen MR) is 116 cm³/mol. The molecule has 1 aromatic rings. The van der Waals surface area contributed by atoms with Crippen molar-refractivity contribution in [3.63, 3.8) is 0 Å². The first-order chi connectivity index (χ1) is 14.2. The number of rotatable bonds is 8. The van der Waals surface area contributed by atoms with Crippen molar-refractivity contribution >= 4 is 12.1 Å². The van der Waals surface area contributed by atoms with Crippen molar-refractivity contribution in [3.05, 3.63) is 47.5 Å². The number of hydrogen-bond donors (Lipinski definition) is 0. The highest BCUT2D eigenvalue weighted by molar-refractivity contribution is 5.88. The minimum Gasteiger partial charge on any atom is -0.463 e. The topological polar surface area (TPSA) is 65.1 Å². The van der Waals surface area contributed by atoms with Crippen molar-refractivity contribution in [2.75, 3.05) is 6.61 Å². The standard InChI is InChI=1S/C24H35NO5/c1-7-19(22(26)28-8-2)15-21-20(14-17(3)4)25(24(5,6)30-21)23(27)29-16-18-12-10-9-11-13-18/h9-13,15,17,20-21H,7-8,14,16H2,1-6H3/b19-15+/t20-,21-/m0/s1. The maximum Gasteiger partial charge on any atom is 0.412 e. The molecule has 1 saturated heterocycles. The number of amides is 1. The van der Waals surface area contributed by atoms with Gasteiger partial charge in [0.1, 0.15) is 12.3 Å². The van der Waals surface area contributed by atoms with Gasteiger partial charge in [-0.1, -0.05) is 51.1 Å². The Morgan fingerprint density at radius 2 is 1.83 bits per heavy atom. The fourth-order valence-corrected chi connectivity index (χ4v) is 3.78. The van der Waals surface area contributed by atoms with E-state index in [4.69, 9.17) is 14.2 Å². The fraction of sp³-hybridized carbons (Fsp3) is 0.583. The Bertz CT molecular complexity index is 741. The van der Waals surface area contributed by atoms with Crippen LogP contribution in [0.4, 0.5) is 4.79 Å². The zero-order valence-corrected chi connectivity index (χ0v) is 19.0. The smallest absolute Gasteiger partial charge is 0.412 e. The lowest BCUT2D eigenvalue weighted by Gasteiger charge is -2.33. The second-order valence-electron chi connectivity index (χ2n) is 8.40. The molecule has 0 N–H and O–H groups in total. The molecule has 0 spiro atoms. The highest BCUT2D eigenvalue weighted by atomic mass is 16.6. The summed E-state index contributed by atoms with van der Waals surface area (Å²) in [6.45, 7) is 12.1. The second-order valence-corrected chi connectivity index (χ2v) is 8.40. The Hall–Kier alpha value is -2.34. The molecule has 2 rings (SSSR count). The van der Waals surface area contributed by atoms with E-state index in [0.717, 1.165) is 12.0 Å². The third-order valence-corrected chi connectivity index (χ3v) is 5.11. The number of ether oxygens (including phenoxy) is 3. The van der Waals surface area contributed by atoms with E-state index in [2.05, 4.69) is 13.8 Å². The van der Waals surface area contributed by atoms with Gasteiger partial charge in [0.25, 0.3) is 0 Å². The van der Waals surface area contributed by atoms with Gasteiger partial charge in [0.15, 0.2) is 0 Å². The van der Waals surface area contributed by atoms with Crippen molar-refractivity contribution in [1.82, 2.24) is 4.90 Å². The maximum atomic E-state index is 13.1. The third kappa shape index (κ3) is 6.08. The molecule has 0 radical (unpaired) electrons. The molecule has 6 nitrogen and oxygen atoms in total. The van der Waals surface area contributed by atoms with Gasteiger partial charge in [0.05, 0.1) is 18.8 Å². The molecule has 1 heterocycles. The van der Waals surface area contributed by atoms with Crippen molar-refractivity contribution in [2.45, 2.75) is 78.9 Å². The first-order valence-corrected chi connectivity index (χ1v) is 10.7. The van der Waals surface area contributed by atoms with Crippen LogP contribution in [-0.2, 0) is 25.6 Å². The normalized spacial score (nSPS) is 21.0. The highest BCUT2D eigenvalue weighted by Gasteiger charge is 2.50. The van der Waals surface area contributed by atoms with E-state index in [1.54, 1.807) is 11.8 Å². The Balaban J connectivity index is 2.26. The number of carbonyl (C=O) groups excluding carboxylic acids is 2. The molecule has 0 unspecified atom stereocenters. The Morgan fingerprint density at radius 3 is 2.40 bits per heavy atom. The molecule has 6 heteroatoms. The molecule has 0 aliphatic carbocycles. The van der Waals surface area contributed by atoms with E-state index in [1.807, 2.05) is 57.2 Å². The lowest BCUT2D eigenvalue weighted by atomic mass is 9.96. The van der Waals surface area contributed by atoms with Crippen LogP contribution in [-0.4, -0.2) is 41.4 Å². The van der Waals surface area contributed by atoms with Crippen LogP contribution in [0.2, 0.25) is 0 Å². The summed E-state index contributed by atoms with van der Waals surface area (Å²) >= 11 is 0. The molecule has 1 aromatic carbocycles. The zero-order chi connectivity index (χ0) is 22.3. The lowest BCUT2D eigenvalue weighted by molar-refractivity contribution is -0.138. The summed E-state index contributed by atoms with van der Waals surface area (Å²) in [6.07, 6.45) is 2.25. The van der Waals surface area contributed by atoms with E-state index in [-0.39, 0.29) is 18.6 Å². The van der Waals surface area contributed by atoms with Crippen LogP contribution in [0, 0.1) is 5.92 Å². The summed E-state index contributed by atoms with van der Waals surface area (Å²) in [4.78, 5) is 27.0. The van der Waals surface area contributed by atoms with Gasteiger partial charge in [-0.15, -0.1) is 0 Å². The van der Waals surface area contributed by atoms with Gasteiger partial charge >= 0.3 is 12.1 Å². The molecule has 1 aliphatic rings. The van der Waals surface area contributed by atoms with Gasteiger partial charge in [0.2, 0.25) is 0 Å². The van der Waals surface area contributed by atoms with Gasteiger partial charge in [-0.3, -0.25) is 4.90 Å². The largest absolute Gasteiger partial charge is 0.463 e. The van der Waals surface area contributed by atoms with E-state index in [1.165, 1.54) is 0 Å². The van der Waals surface area contributed by atoms with E-state index in [0.29, 0.717) is 24.5 Å². The molecule has 0 aromatic heterocycles. The molecule has 30 heavy (non-hydrogen) atoms. The average molecular weight is 418 g/mol. The molecule has 166 valence electrons. The van der Waals surface area contributed by atoms with Gasteiger partial charge in [-0.25, -0.2) is 9.59 Å². The summed E-state index contributed by atoms with van der Waals surface area (Å²) < 4.78 is 17.0. The predicted octanol–water partition coefficient (Wildman–Crippen LogP) is 5.07. The molecule has 1 amide bonds. The van der Waals surface area contributed by atoms with Gasteiger partial charge in [-0.2, -0.15) is 0 Å². The van der Waals surface area contributed by atoms with Crippen LogP contribution in [0.25, 0.3) is 0 Å². The SMILES string of the molecule is CCOC(=O)/C(=C/[C@@H]1OC(C)(C)N(C(=O)OCc2ccccc2)[C@H]1CC(C)C)CC. The van der Waals surface area contributed by atoms with Crippen LogP contribution in [0.5, 0.6) is 0 Å². The van der Waals surface area contributed by atoms with Gasteiger partial charge in [0, 0.05) is 5.57 Å². The highest BCUT2D eigenvalue weighted by Crippen LogP contribution is 2.37. The van der Waals surface area contributed by atoms with Gasteiger partial charge < -0.3 is 14.2 Å². The number of benzene rings is 1. The second kappa shape index (κ2) is 10.6. The van der Waals surface area contributed by atoms with E-state index in [9.17, 15) is 9.59 Å². The van der Waals surface area contributed by atoms with Crippen molar-refractivity contribution in [3.8, 4) is 0 Å². The summed E-state index contributed by atoms with van der Waals surface area (Å²) in [7, 11) is 0. The van der Waals surface area contributed by atoms with E-state index < -0.39 is 17.9 Å². The lowest BCUT2D eigenvalue weighted by Crippen LogP contribution is -2.48. The number of nitrogens with zero attached hydrogens (tertiary/aromatic N) is 1. The summed E-state index contributed by atoms with van der Waals surface area (Å²) in [5.41, 5.74) is 0.629.